The maximum atomic E-state index is 14.6. The van der Waals surface area contributed by atoms with E-state index in [0.717, 1.165) is 10.9 Å². The molecular weight excluding hydrogens is 505 g/mol. The Hall–Kier alpha value is -4.77. The number of hydrogen-bond donors (Lipinski definition) is 4. The van der Waals surface area contributed by atoms with Crippen LogP contribution in [0.3, 0.4) is 0 Å². The first-order chi connectivity index (χ1) is 18.8. The van der Waals surface area contributed by atoms with Crippen LogP contribution in [0.1, 0.15) is 36.6 Å². The molecule has 1 fully saturated rings. The van der Waals surface area contributed by atoms with Gasteiger partial charge in [0.15, 0.2) is 17.3 Å². The fourth-order valence-electron chi connectivity index (χ4n) is 4.63. The molecule has 10 nitrogen and oxygen atoms in total. The minimum Gasteiger partial charge on any atom is -0.507 e. The number of aromatic nitrogens is 2. The van der Waals surface area contributed by atoms with Gasteiger partial charge in [0.1, 0.15) is 11.3 Å². The van der Waals surface area contributed by atoms with E-state index in [1.54, 1.807) is 23.0 Å². The molecule has 1 saturated heterocycles. The highest BCUT2D eigenvalue weighted by Crippen LogP contribution is 2.30. The van der Waals surface area contributed by atoms with Crippen LogP contribution >= 0.6 is 0 Å². The number of ether oxygens (including phenoxy) is 1. The van der Waals surface area contributed by atoms with Crippen LogP contribution in [0.5, 0.6) is 11.5 Å². The summed E-state index contributed by atoms with van der Waals surface area (Å²) in [6, 6.07) is 12.7. The van der Waals surface area contributed by atoms with Crippen molar-refractivity contribution in [2.75, 3.05) is 20.2 Å². The molecule has 4 aromatic rings. The summed E-state index contributed by atoms with van der Waals surface area (Å²) in [5.41, 5.74) is 1.27. The van der Waals surface area contributed by atoms with Crippen molar-refractivity contribution in [3.63, 3.8) is 0 Å². The number of nitrogens with zero attached hydrogens (tertiary/aromatic N) is 2. The second kappa shape index (κ2) is 10.5. The zero-order chi connectivity index (χ0) is 27.7. The number of hydrogen-bond acceptors (Lipinski definition) is 7. The molecule has 0 spiro atoms. The van der Waals surface area contributed by atoms with Crippen molar-refractivity contribution in [1.82, 2.24) is 25.7 Å². The molecule has 39 heavy (non-hydrogen) atoms. The molecule has 1 unspecified atom stereocenters. The molecule has 0 radical (unpaired) electrons. The number of aryl methyl sites for hydroxylation is 1. The quantitative estimate of drug-likeness (QED) is 0.269. The Bertz CT molecular complexity index is 1580. The largest absolute Gasteiger partial charge is 0.507 e. The van der Waals surface area contributed by atoms with Crippen LogP contribution in [0, 0.1) is 5.82 Å². The summed E-state index contributed by atoms with van der Waals surface area (Å²) in [4.78, 5) is 38.7. The summed E-state index contributed by atoms with van der Waals surface area (Å²) < 4.78 is 21.2. The van der Waals surface area contributed by atoms with Gasteiger partial charge in [-0.15, -0.1) is 0 Å². The van der Waals surface area contributed by atoms with Crippen molar-refractivity contribution in [1.29, 1.82) is 0 Å². The molecule has 5 rings (SSSR count). The van der Waals surface area contributed by atoms with E-state index < -0.39 is 28.8 Å². The topological polar surface area (TPSA) is 135 Å². The summed E-state index contributed by atoms with van der Waals surface area (Å²) in [7, 11) is 3.09. The van der Waals surface area contributed by atoms with Crippen molar-refractivity contribution >= 4 is 28.5 Å². The Morgan fingerprint density at radius 2 is 1.59 bits per heavy atom. The number of carbonyl (C=O) groups is 3. The Labute approximate surface area is 222 Å². The van der Waals surface area contributed by atoms with E-state index in [4.69, 9.17) is 4.74 Å². The number of nitrogens with one attached hydrogen (secondary N) is 3. The van der Waals surface area contributed by atoms with Gasteiger partial charge in [-0.3, -0.25) is 19.1 Å². The van der Waals surface area contributed by atoms with Crippen LogP contribution in [0.4, 0.5) is 4.39 Å². The predicted molar refractivity (Wildman–Crippen MR) is 141 cm³/mol. The lowest BCUT2D eigenvalue weighted by molar-refractivity contribution is 0.0896. The standard InChI is InChI=1S/C28H26FN5O5/c1-34-21-8-7-17(11-18(21)12-31-34)28(38)33-20-14-30-13-19(20)32-27(37)16-5-3-15(4-6-16)26(36)24-22(35)9-10-23(39-2)25(24)29/h3-12,19-20,30,35H,13-14H2,1-2H3,(H,32,37)(H,33,38)/t19?,20-/m1/s1. The minimum absolute atomic E-state index is 0.0901. The molecule has 0 aliphatic carbocycles. The molecule has 1 aliphatic rings. The Morgan fingerprint density at radius 3 is 2.26 bits per heavy atom. The molecule has 0 bridgehead atoms. The highest BCUT2D eigenvalue weighted by atomic mass is 19.1. The van der Waals surface area contributed by atoms with E-state index in [0.29, 0.717) is 18.7 Å². The van der Waals surface area contributed by atoms with E-state index in [1.165, 1.54) is 43.5 Å². The molecule has 200 valence electrons. The average molecular weight is 532 g/mol. The molecule has 11 heteroatoms. The molecular formula is C28H26FN5O5. The van der Waals surface area contributed by atoms with Gasteiger partial charge in [-0.1, -0.05) is 12.1 Å². The molecule has 1 aliphatic heterocycles. The van der Waals surface area contributed by atoms with Gasteiger partial charge in [0.05, 0.1) is 30.9 Å². The molecule has 2 heterocycles. The van der Waals surface area contributed by atoms with Gasteiger partial charge < -0.3 is 25.8 Å². The van der Waals surface area contributed by atoms with E-state index >= 15 is 0 Å². The summed E-state index contributed by atoms with van der Waals surface area (Å²) in [5, 5.41) is 24.1. The van der Waals surface area contributed by atoms with E-state index in [9.17, 15) is 23.9 Å². The number of phenolic OH excluding ortho intramolecular Hbond substituents is 1. The van der Waals surface area contributed by atoms with Gasteiger partial charge in [-0.25, -0.2) is 4.39 Å². The van der Waals surface area contributed by atoms with E-state index in [-0.39, 0.29) is 34.9 Å². The third kappa shape index (κ3) is 5.04. The van der Waals surface area contributed by atoms with Crippen molar-refractivity contribution in [3.8, 4) is 11.5 Å². The first-order valence-corrected chi connectivity index (χ1v) is 12.2. The number of amides is 2. The minimum atomic E-state index is -0.966. The average Bonchev–Trinajstić information content (AvgIpc) is 3.54. The van der Waals surface area contributed by atoms with E-state index in [2.05, 4.69) is 21.0 Å². The highest BCUT2D eigenvalue weighted by Gasteiger charge is 2.30. The molecule has 4 N–H and O–H groups in total. The summed E-state index contributed by atoms with van der Waals surface area (Å²) in [6.45, 7) is 0.943. The number of methoxy groups -OCH3 is 1. The van der Waals surface area contributed by atoms with Gasteiger partial charge in [0.2, 0.25) is 0 Å². The van der Waals surface area contributed by atoms with E-state index in [1.807, 2.05) is 13.1 Å². The van der Waals surface area contributed by atoms with Gasteiger partial charge in [-0.05, 0) is 42.5 Å². The first-order valence-electron chi connectivity index (χ1n) is 12.2. The number of phenols is 1. The van der Waals surface area contributed by atoms with Crippen LogP contribution in [-0.4, -0.2) is 64.8 Å². The first kappa shape index (κ1) is 25.9. The third-order valence-corrected chi connectivity index (χ3v) is 6.80. The Kier molecular flexibility index (Phi) is 6.99. The number of aromatic hydroxyl groups is 1. The highest BCUT2D eigenvalue weighted by molar-refractivity contribution is 6.11. The molecule has 0 saturated carbocycles. The van der Waals surface area contributed by atoms with Crippen molar-refractivity contribution in [2.24, 2.45) is 7.05 Å². The van der Waals surface area contributed by atoms with Crippen LogP contribution < -0.4 is 20.7 Å². The lowest BCUT2D eigenvalue weighted by atomic mass is 10.00. The summed E-state index contributed by atoms with van der Waals surface area (Å²) in [6.07, 6.45) is 1.70. The summed E-state index contributed by atoms with van der Waals surface area (Å²) in [5.74, 6) is -3.05. The van der Waals surface area contributed by atoms with Crippen molar-refractivity contribution < 1.29 is 28.6 Å². The Morgan fingerprint density at radius 1 is 0.974 bits per heavy atom. The zero-order valence-electron chi connectivity index (χ0n) is 21.2. The molecule has 2 atom stereocenters. The third-order valence-electron chi connectivity index (χ3n) is 6.80. The van der Waals surface area contributed by atoms with Crippen LogP contribution in [0.2, 0.25) is 0 Å². The maximum Gasteiger partial charge on any atom is 0.251 e. The lowest BCUT2D eigenvalue weighted by Gasteiger charge is -2.21. The number of carbonyl (C=O) groups excluding carboxylic acids is 3. The Balaban J connectivity index is 1.24. The number of ketones is 1. The fraction of sp³-hybridized carbons (Fsp3) is 0.214. The number of fused-ring (bicyclic) bond motifs is 1. The normalized spacial score (nSPS) is 16.7. The van der Waals surface area contributed by atoms with Crippen molar-refractivity contribution in [3.05, 3.63) is 88.9 Å². The second-order valence-electron chi connectivity index (χ2n) is 9.24. The summed E-state index contributed by atoms with van der Waals surface area (Å²) >= 11 is 0. The lowest BCUT2D eigenvalue weighted by Crippen LogP contribution is -2.51. The predicted octanol–water partition coefficient (Wildman–Crippen LogP) is 2.16. The van der Waals surface area contributed by atoms with Crippen LogP contribution in [0.15, 0.2) is 60.8 Å². The van der Waals surface area contributed by atoms with Crippen LogP contribution in [-0.2, 0) is 7.05 Å². The van der Waals surface area contributed by atoms with Gasteiger partial charge in [0.25, 0.3) is 11.8 Å². The zero-order valence-corrected chi connectivity index (χ0v) is 21.2. The molecule has 1 aromatic heterocycles. The smallest absolute Gasteiger partial charge is 0.251 e. The van der Waals surface area contributed by atoms with Gasteiger partial charge in [0, 0.05) is 42.2 Å². The number of halogens is 1. The van der Waals surface area contributed by atoms with Gasteiger partial charge >= 0.3 is 0 Å². The molecule has 2 amide bonds. The second-order valence-corrected chi connectivity index (χ2v) is 9.24. The fourth-order valence-corrected chi connectivity index (χ4v) is 4.63. The monoisotopic (exact) mass is 531 g/mol. The van der Waals surface area contributed by atoms with Crippen LogP contribution in [0.25, 0.3) is 10.9 Å². The van der Waals surface area contributed by atoms with Gasteiger partial charge in [-0.2, -0.15) is 5.10 Å². The van der Waals surface area contributed by atoms with Crippen molar-refractivity contribution in [2.45, 2.75) is 12.1 Å². The molecule has 3 aromatic carbocycles. The maximum absolute atomic E-state index is 14.6. The SMILES string of the molecule is COc1ccc(O)c(C(=O)c2ccc(C(=O)NC3CNC[C@H]3NC(=O)c3ccc4c(cnn4C)c3)cc2)c1F. The number of benzene rings is 3. The number of rotatable bonds is 7.